The number of halogens is 4. The molecule has 19 heavy (non-hydrogen) atoms. The van der Waals surface area contributed by atoms with E-state index < -0.39 is 12.7 Å². The minimum atomic E-state index is -4.19. The van der Waals surface area contributed by atoms with E-state index in [9.17, 15) is 13.2 Å². The largest absolute Gasteiger partial charge is 0.401 e. The van der Waals surface area contributed by atoms with Crippen molar-refractivity contribution in [3.63, 3.8) is 0 Å². The van der Waals surface area contributed by atoms with Crippen LogP contribution in [0.5, 0.6) is 0 Å². The molecule has 0 spiro atoms. The van der Waals surface area contributed by atoms with Crippen molar-refractivity contribution >= 4 is 11.6 Å². The number of hydrogen-bond acceptors (Lipinski definition) is 1. The summed E-state index contributed by atoms with van der Waals surface area (Å²) < 4.78 is 37.3. The Kier molecular flexibility index (Phi) is 6.14. The van der Waals surface area contributed by atoms with Crippen LogP contribution < -0.4 is 0 Å². The minimum Gasteiger partial charge on any atom is -0.290 e. The number of benzene rings is 1. The van der Waals surface area contributed by atoms with Crippen LogP contribution in [-0.2, 0) is 6.54 Å². The van der Waals surface area contributed by atoms with E-state index >= 15 is 0 Å². The Bertz CT molecular complexity index is 373. The smallest absolute Gasteiger partial charge is 0.290 e. The van der Waals surface area contributed by atoms with Crippen molar-refractivity contribution in [3.8, 4) is 0 Å². The van der Waals surface area contributed by atoms with Crippen LogP contribution in [0.15, 0.2) is 24.3 Å². The van der Waals surface area contributed by atoms with Gasteiger partial charge in [-0.1, -0.05) is 38.1 Å². The molecule has 0 atom stereocenters. The fourth-order valence-corrected chi connectivity index (χ4v) is 2.09. The van der Waals surface area contributed by atoms with E-state index in [1.807, 2.05) is 24.3 Å². The molecule has 0 N–H and O–H groups in total. The second-order valence-electron chi connectivity index (χ2n) is 4.91. The number of nitrogens with zero attached hydrogens (tertiary/aromatic N) is 1. The van der Waals surface area contributed by atoms with Gasteiger partial charge in [0.25, 0.3) is 0 Å². The Morgan fingerprint density at radius 3 is 2.16 bits per heavy atom. The van der Waals surface area contributed by atoms with Gasteiger partial charge in [0.05, 0.1) is 6.54 Å². The number of rotatable bonds is 6. The van der Waals surface area contributed by atoms with Crippen LogP contribution in [0.2, 0.25) is 0 Å². The first-order valence-electron chi connectivity index (χ1n) is 6.25. The first-order chi connectivity index (χ1) is 8.81. The zero-order valence-electron chi connectivity index (χ0n) is 11.2. The Balaban J connectivity index is 2.68. The number of alkyl halides is 4. The summed E-state index contributed by atoms with van der Waals surface area (Å²) in [6.45, 7) is 3.74. The van der Waals surface area contributed by atoms with E-state index in [4.69, 9.17) is 11.6 Å². The highest BCUT2D eigenvalue weighted by Gasteiger charge is 2.30. The van der Waals surface area contributed by atoms with Crippen molar-refractivity contribution in [2.75, 3.05) is 19.0 Å². The minimum absolute atomic E-state index is 0.195. The van der Waals surface area contributed by atoms with Crippen molar-refractivity contribution in [2.24, 2.45) is 0 Å². The lowest BCUT2D eigenvalue weighted by molar-refractivity contribution is -0.146. The van der Waals surface area contributed by atoms with E-state index in [0.29, 0.717) is 5.92 Å². The van der Waals surface area contributed by atoms with Crippen molar-refractivity contribution in [2.45, 2.75) is 32.5 Å². The van der Waals surface area contributed by atoms with Crippen LogP contribution in [0.3, 0.4) is 0 Å². The molecule has 0 aliphatic rings. The highest BCUT2D eigenvalue weighted by Crippen LogP contribution is 2.19. The molecular weight excluding hydrogens is 275 g/mol. The molecular formula is C14H19ClF3N. The van der Waals surface area contributed by atoms with Crippen LogP contribution in [0.25, 0.3) is 0 Å². The molecule has 0 radical (unpaired) electrons. The maximum absolute atomic E-state index is 12.4. The third-order valence-corrected chi connectivity index (χ3v) is 3.03. The molecule has 1 nitrogen and oxygen atoms in total. The van der Waals surface area contributed by atoms with Gasteiger partial charge in [0.2, 0.25) is 0 Å². The van der Waals surface area contributed by atoms with Gasteiger partial charge >= 0.3 is 6.18 Å². The first-order valence-corrected chi connectivity index (χ1v) is 6.79. The van der Waals surface area contributed by atoms with Gasteiger partial charge in [0.15, 0.2) is 0 Å². The Morgan fingerprint density at radius 1 is 1.16 bits per heavy atom. The summed E-state index contributed by atoms with van der Waals surface area (Å²) in [7, 11) is 0. The molecule has 1 aromatic carbocycles. The average molecular weight is 294 g/mol. The highest BCUT2D eigenvalue weighted by molar-refractivity contribution is 6.18. The van der Waals surface area contributed by atoms with E-state index in [-0.39, 0.29) is 19.0 Å². The summed E-state index contributed by atoms with van der Waals surface area (Å²) in [5.41, 5.74) is 2.06. The lowest BCUT2D eigenvalue weighted by Gasteiger charge is -2.22. The van der Waals surface area contributed by atoms with Gasteiger partial charge in [-0.25, -0.2) is 0 Å². The molecule has 0 aliphatic carbocycles. The SMILES string of the molecule is CC(C)c1ccc(CN(CCCl)CC(F)(F)F)cc1. The predicted octanol–water partition coefficient (Wildman–Crippen LogP) is 4.41. The molecule has 0 heterocycles. The monoisotopic (exact) mass is 293 g/mol. The fraction of sp³-hybridized carbons (Fsp3) is 0.571. The maximum Gasteiger partial charge on any atom is 0.401 e. The summed E-state index contributed by atoms with van der Waals surface area (Å²) in [5.74, 6) is 0.614. The molecule has 1 rings (SSSR count). The van der Waals surface area contributed by atoms with Gasteiger partial charge in [0, 0.05) is 19.0 Å². The molecule has 1 aromatic rings. The summed E-state index contributed by atoms with van der Waals surface area (Å²) in [5, 5.41) is 0. The summed E-state index contributed by atoms with van der Waals surface area (Å²) in [6.07, 6.45) is -4.19. The standard InChI is InChI=1S/C14H19ClF3N/c1-11(2)13-5-3-12(4-6-13)9-19(8-7-15)10-14(16,17)18/h3-6,11H,7-10H2,1-2H3. The zero-order valence-corrected chi connectivity index (χ0v) is 11.9. The highest BCUT2D eigenvalue weighted by atomic mass is 35.5. The second-order valence-corrected chi connectivity index (χ2v) is 5.29. The van der Waals surface area contributed by atoms with E-state index in [2.05, 4.69) is 13.8 Å². The van der Waals surface area contributed by atoms with Gasteiger partial charge in [-0.2, -0.15) is 13.2 Å². The van der Waals surface area contributed by atoms with Gasteiger partial charge in [-0.05, 0) is 17.0 Å². The molecule has 0 aliphatic heterocycles. The lowest BCUT2D eigenvalue weighted by Crippen LogP contribution is -2.35. The normalized spacial score (nSPS) is 12.4. The van der Waals surface area contributed by atoms with Crippen LogP contribution in [-0.4, -0.2) is 30.0 Å². The summed E-state index contributed by atoms with van der Waals surface area (Å²) >= 11 is 5.55. The van der Waals surface area contributed by atoms with E-state index in [1.165, 1.54) is 10.5 Å². The Hall–Kier alpha value is -0.740. The van der Waals surface area contributed by atoms with Gasteiger partial charge in [-0.15, -0.1) is 11.6 Å². The molecule has 108 valence electrons. The maximum atomic E-state index is 12.4. The first kappa shape index (κ1) is 16.3. The number of hydrogen-bond donors (Lipinski definition) is 0. The van der Waals surface area contributed by atoms with E-state index in [0.717, 1.165) is 5.56 Å². The van der Waals surface area contributed by atoms with Crippen molar-refractivity contribution in [1.82, 2.24) is 4.90 Å². The van der Waals surface area contributed by atoms with Crippen LogP contribution >= 0.6 is 11.6 Å². The van der Waals surface area contributed by atoms with E-state index in [1.54, 1.807) is 0 Å². The molecule has 0 aromatic heterocycles. The average Bonchev–Trinajstić information content (AvgIpc) is 2.27. The second kappa shape index (κ2) is 7.15. The van der Waals surface area contributed by atoms with Crippen LogP contribution in [0, 0.1) is 0 Å². The molecule has 0 bridgehead atoms. The lowest BCUT2D eigenvalue weighted by atomic mass is 10.0. The van der Waals surface area contributed by atoms with Crippen molar-refractivity contribution in [3.05, 3.63) is 35.4 Å². The van der Waals surface area contributed by atoms with Crippen molar-refractivity contribution in [1.29, 1.82) is 0 Å². The quantitative estimate of drug-likeness (QED) is 0.702. The zero-order chi connectivity index (χ0) is 14.5. The Morgan fingerprint density at radius 2 is 1.74 bits per heavy atom. The molecule has 0 saturated heterocycles. The van der Waals surface area contributed by atoms with Crippen LogP contribution in [0.4, 0.5) is 13.2 Å². The molecule has 0 unspecified atom stereocenters. The third kappa shape index (κ3) is 6.30. The molecule has 0 fully saturated rings. The molecule has 0 amide bonds. The third-order valence-electron chi connectivity index (χ3n) is 2.86. The summed E-state index contributed by atoms with van der Waals surface area (Å²) in [6, 6.07) is 7.69. The molecule has 0 saturated carbocycles. The summed E-state index contributed by atoms with van der Waals surface area (Å²) in [4.78, 5) is 1.32. The van der Waals surface area contributed by atoms with Crippen LogP contribution in [0.1, 0.15) is 30.9 Å². The molecule has 5 heteroatoms. The van der Waals surface area contributed by atoms with Gasteiger partial charge in [0.1, 0.15) is 0 Å². The van der Waals surface area contributed by atoms with Gasteiger partial charge < -0.3 is 0 Å². The Labute approximate surface area is 117 Å². The fourth-order valence-electron chi connectivity index (χ4n) is 1.85. The van der Waals surface area contributed by atoms with Gasteiger partial charge in [-0.3, -0.25) is 4.90 Å². The predicted molar refractivity (Wildman–Crippen MR) is 72.6 cm³/mol. The van der Waals surface area contributed by atoms with Crippen molar-refractivity contribution < 1.29 is 13.2 Å². The topological polar surface area (TPSA) is 3.24 Å².